The van der Waals surface area contributed by atoms with E-state index in [2.05, 4.69) is 26.1 Å². The standard InChI is InChI=1S/C23H26FN7O2/c1-28(2)21-9-18(10-22(27-21)33-3)29-11-15-13-30(14-16(15)12-29)23(32)19-8-17(24)4-5-20(19)31-25-6-7-26-31/h4-10,15-16H,11-14H2,1-3H3. The van der Waals surface area contributed by atoms with Gasteiger partial charge < -0.3 is 19.4 Å². The zero-order chi connectivity index (χ0) is 23.1. The van der Waals surface area contributed by atoms with Gasteiger partial charge in [-0.15, -0.1) is 0 Å². The Hall–Kier alpha value is -3.69. The van der Waals surface area contributed by atoms with E-state index in [1.807, 2.05) is 30.0 Å². The molecule has 0 saturated carbocycles. The van der Waals surface area contributed by atoms with Gasteiger partial charge in [-0.05, 0) is 18.2 Å². The average Bonchev–Trinajstić information content (AvgIpc) is 3.55. The van der Waals surface area contributed by atoms with Gasteiger partial charge >= 0.3 is 0 Å². The largest absolute Gasteiger partial charge is 0.481 e. The van der Waals surface area contributed by atoms with E-state index in [4.69, 9.17) is 4.74 Å². The Morgan fingerprint density at radius 2 is 1.76 bits per heavy atom. The van der Waals surface area contributed by atoms with E-state index in [1.54, 1.807) is 13.2 Å². The van der Waals surface area contributed by atoms with Gasteiger partial charge in [0.1, 0.15) is 11.6 Å². The first-order chi connectivity index (χ1) is 15.9. The fourth-order valence-electron chi connectivity index (χ4n) is 4.73. The summed E-state index contributed by atoms with van der Waals surface area (Å²) >= 11 is 0. The second kappa shape index (κ2) is 8.34. The molecule has 1 aromatic carbocycles. The van der Waals surface area contributed by atoms with E-state index >= 15 is 0 Å². The molecule has 0 bridgehead atoms. The number of rotatable bonds is 5. The van der Waals surface area contributed by atoms with Crippen molar-refractivity contribution >= 4 is 17.4 Å². The van der Waals surface area contributed by atoms with Crippen LogP contribution < -0.4 is 14.5 Å². The third-order valence-electron chi connectivity index (χ3n) is 6.40. The van der Waals surface area contributed by atoms with Crippen molar-refractivity contribution in [1.82, 2.24) is 24.9 Å². The fraction of sp³-hybridized carbons (Fsp3) is 0.391. The smallest absolute Gasteiger partial charge is 0.256 e. The third kappa shape index (κ3) is 3.96. The van der Waals surface area contributed by atoms with Crippen LogP contribution in [0.25, 0.3) is 5.69 Å². The lowest BCUT2D eigenvalue weighted by Gasteiger charge is -2.25. The molecule has 1 amide bonds. The molecular formula is C23H26FN7O2. The predicted octanol–water partition coefficient (Wildman–Crippen LogP) is 2.08. The normalized spacial score (nSPS) is 19.6. The highest BCUT2D eigenvalue weighted by Gasteiger charge is 2.42. The number of anilines is 2. The van der Waals surface area contributed by atoms with E-state index in [1.165, 1.54) is 29.3 Å². The summed E-state index contributed by atoms with van der Waals surface area (Å²) in [5.41, 5.74) is 1.82. The van der Waals surface area contributed by atoms with Crippen LogP contribution in [-0.2, 0) is 0 Å². The average molecular weight is 452 g/mol. The molecule has 4 heterocycles. The molecule has 33 heavy (non-hydrogen) atoms. The minimum Gasteiger partial charge on any atom is -0.481 e. The zero-order valence-electron chi connectivity index (χ0n) is 18.8. The number of carbonyl (C=O) groups excluding carboxylic acids is 1. The molecule has 2 atom stereocenters. The number of methoxy groups -OCH3 is 1. The molecule has 2 aromatic heterocycles. The monoisotopic (exact) mass is 451 g/mol. The summed E-state index contributed by atoms with van der Waals surface area (Å²) < 4.78 is 19.4. The summed E-state index contributed by atoms with van der Waals surface area (Å²) in [6.45, 7) is 2.94. The van der Waals surface area contributed by atoms with Crippen molar-refractivity contribution in [1.29, 1.82) is 0 Å². The molecule has 2 aliphatic rings. The fourth-order valence-corrected chi connectivity index (χ4v) is 4.73. The molecule has 2 unspecified atom stereocenters. The molecule has 3 aromatic rings. The molecule has 0 aliphatic carbocycles. The van der Waals surface area contributed by atoms with Gasteiger partial charge in [0.15, 0.2) is 0 Å². The molecule has 172 valence electrons. The van der Waals surface area contributed by atoms with Crippen LogP contribution in [0.5, 0.6) is 5.88 Å². The minimum atomic E-state index is -0.455. The Labute approximate surface area is 191 Å². The summed E-state index contributed by atoms with van der Waals surface area (Å²) in [6, 6.07) is 8.14. The summed E-state index contributed by atoms with van der Waals surface area (Å²) in [5, 5.41) is 8.21. The number of halogens is 1. The molecule has 9 nitrogen and oxygen atoms in total. The van der Waals surface area contributed by atoms with Gasteiger partial charge in [-0.2, -0.15) is 20.0 Å². The van der Waals surface area contributed by atoms with Gasteiger partial charge in [-0.1, -0.05) is 0 Å². The van der Waals surface area contributed by atoms with E-state index in [0.717, 1.165) is 24.6 Å². The second-order valence-corrected chi connectivity index (χ2v) is 8.74. The first-order valence-electron chi connectivity index (χ1n) is 10.9. The number of amides is 1. The van der Waals surface area contributed by atoms with Crippen molar-refractivity contribution in [3.8, 4) is 11.6 Å². The summed E-state index contributed by atoms with van der Waals surface area (Å²) in [5.74, 6) is 1.46. The number of fused-ring (bicyclic) bond motifs is 1. The van der Waals surface area contributed by atoms with Crippen LogP contribution in [0, 0.1) is 17.7 Å². The van der Waals surface area contributed by atoms with Gasteiger partial charge in [0, 0.05) is 69.9 Å². The number of hydrogen-bond acceptors (Lipinski definition) is 7. The van der Waals surface area contributed by atoms with E-state index in [0.29, 0.717) is 36.5 Å². The van der Waals surface area contributed by atoms with Crippen LogP contribution in [0.4, 0.5) is 15.9 Å². The van der Waals surface area contributed by atoms with Crippen molar-refractivity contribution in [2.75, 3.05) is 57.2 Å². The van der Waals surface area contributed by atoms with Gasteiger partial charge in [0.05, 0.1) is 30.8 Å². The Balaban J connectivity index is 1.33. The lowest BCUT2D eigenvalue weighted by molar-refractivity contribution is 0.0781. The van der Waals surface area contributed by atoms with E-state index in [9.17, 15) is 9.18 Å². The minimum absolute atomic E-state index is 0.191. The maximum absolute atomic E-state index is 14.0. The highest BCUT2D eigenvalue weighted by atomic mass is 19.1. The third-order valence-corrected chi connectivity index (χ3v) is 6.40. The van der Waals surface area contributed by atoms with E-state index < -0.39 is 5.82 Å². The molecule has 0 N–H and O–H groups in total. The van der Waals surface area contributed by atoms with Crippen molar-refractivity contribution in [2.45, 2.75) is 0 Å². The van der Waals surface area contributed by atoms with Gasteiger partial charge in [-0.3, -0.25) is 4.79 Å². The van der Waals surface area contributed by atoms with Gasteiger partial charge in [-0.25, -0.2) is 4.39 Å². The van der Waals surface area contributed by atoms with Crippen LogP contribution in [0.15, 0.2) is 42.7 Å². The Morgan fingerprint density at radius 3 is 2.39 bits per heavy atom. The molecular weight excluding hydrogens is 425 g/mol. The lowest BCUT2D eigenvalue weighted by atomic mass is 10.0. The quantitative estimate of drug-likeness (QED) is 0.588. The van der Waals surface area contributed by atoms with Crippen LogP contribution in [-0.4, -0.2) is 78.2 Å². The number of ether oxygens (including phenoxy) is 1. The van der Waals surface area contributed by atoms with Crippen LogP contribution in [0.3, 0.4) is 0 Å². The van der Waals surface area contributed by atoms with Crippen molar-refractivity contribution < 1.29 is 13.9 Å². The summed E-state index contributed by atoms with van der Waals surface area (Å²) in [4.78, 5) is 25.3. The SMILES string of the molecule is COc1cc(N2CC3CN(C(=O)c4cc(F)ccc4-n4nccn4)CC3C2)cc(N(C)C)n1. The number of likely N-dealkylation sites (tertiary alicyclic amines) is 1. The molecule has 2 fully saturated rings. The number of carbonyl (C=O) groups is 1. The van der Waals surface area contributed by atoms with Crippen LogP contribution in [0.1, 0.15) is 10.4 Å². The maximum atomic E-state index is 14.0. The highest BCUT2D eigenvalue weighted by molar-refractivity contribution is 5.98. The van der Waals surface area contributed by atoms with Crippen molar-refractivity contribution in [2.24, 2.45) is 11.8 Å². The number of pyridine rings is 1. The first kappa shape index (κ1) is 21.2. The zero-order valence-corrected chi connectivity index (χ0v) is 18.8. The van der Waals surface area contributed by atoms with Gasteiger partial charge in [0.2, 0.25) is 5.88 Å². The number of benzene rings is 1. The number of nitrogens with zero attached hydrogens (tertiary/aromatic N) is 7. The molecule has 5 rings (SSSR count). The Morgan fingerprint density at radius 1 is 1.06 bits per heavy atom. The molecule has 2 aliphatic heterocycles. The number of aromatic nitrogens is 4. The summed E-state index contributed by atoms with van der Waals surface area (Å²) in [6.07, 6.45) is 3.06. The molecule has 0 radical (unpaired) electrons. The lowest BCUT2D eigenvalue weighted by Crippen LogP contribution is -2.34. The highest BCUT2D eigenvalue weighted by Crippen LogP contribution is 2.36. The predicted molar refractivity (Wildman–Crippen MR) is 122 cm³/mol. The Kier molecular flexibility index (Phi) is 5.35. The molecule has 0 spiro atoms. The van der Waals surface area contributed by atoms with Gasteiger partial charge in [0.25, 0.3) is 5.91 Å². The van der Waals surface area contributed by atoms with Crippen molar-refractivity contribution in [3.05, 3.63) is 54.1 Å². The second-order valence-electron chi connectivity index (χ2n) is 8.74. The molecule has 2 saturated heterocycles. The van der Waals surface area contributed by atoms with Crippen LogP contribution >= 0.6 is 0 Å². The number of hydrogen-bond donors (Lipinski definition) is 0. The topological polar surface area (TPSA) is 79.6 Å². The first-order valence-corrected chi connectivity index (χ1v) is 10.9. The van der Waals surface area contributed by atoms with Crippen molar-refractivity contribution in [3.63, 3.8) is 0 Å². The Bertz CT molecular complexity index is 1150. The van der Waals surface area contributed by atoms with Crippen LogP contribution in [0.2, 0.25) is 0 Å². The molecule has 10 heteroatoms. The van der Waals surface area contributed by atoms with E-state index in [-0.39, 0.29) is 11.5 Å². The summed E-state index contributed by atoms with van der Waals surface area (Å²) in [7, 11) is 5.52. The maximum Gasteiger partial charge on any atom is 0.256 e.